The van der Waals surface area contributed by atoms with Crippen LogP contribution in [-0.4, -0.2) is 32.9 Å². The highest BCUT2D eigenvalue weighted by Gasteiger charge is 2.30. The SMILES string of the molecule is O=C(Nc1ccc(C(F)(F)F)cc1)Nc1ncc(-c2ccc(C(=O)CC(CCc3ccccc3)C(=O)O)cc2)cn1. The van der Waals surface area contributed by atoms with Crippen LogP contribution in [0.4, 0.5) is 29.6 Å². The Morgan fingerprint density at radius 2 is 1.44 bits per heavy atom. The lowest BCUT2D eigenvalue weighted by Gasteiger charge is -2.12. The van der Waals surface area contributed by atoms with E-state index < -0.39 is 29.7 Å². The van der Waals surface area contributed by atoms with Crippen LogP contribution < -0.4 is 10.6 Å². The van der Waals surface area contributed by atoms with Crippen LogP contribution in [0.3, 0.4) is 0 Å². The first-order chi connectivity index (χ1) is 19.6. The number of alkyl halides is 3. The molecule has 0 radical (unpaired) electrons. The zero-order chi connectivity index (χ0) is 29.4. The van der Waals surface area contributed by atoms with E-state index in [9.17, 15) is 32.7 Å². The number of carbonyl (C=O) groups is 3. The molecule has 1 aromatic heterocycles. The molecular formula is C30H25F3N4O4. The highest BCUT2D eigenvalue weighted by molar-refractivity contribution is 5.99. The third kappa shape index (κ3) is 8.21. The Morgan fingerprint density at radius 3 is 2.02 bits per heavy atom. The van der Waals surface area contributed by atoms with E-state index in [1.807, 2.05) is 30.3 Å². The van der Waals surface area contributed by atoms with Gasteiger partial charge in [-0.1, -0.05) is 54.6 Å². The van der Waals surface area contributed by atoms with Gasteiger partial charge in [0.15, 0.2) is 5.78 Å². The second kappa shape index (κ2) is 12.9. The van der Waals surface area contributed by atoms with E-state index in [0.717, 1.165) is 29.8 Å². The molecule has 210 valence electrons. The fourth-order valence-corrected chi connectivity index (χ4v) is 4.04. The molecule has 1 heterocycles. The number of benzene rings is 3. The summed E-state index contributed by atoms with van der Waals surface area (Å²) in [5.74, 6) is -2.11. The van der Waals surface area contributed by atoms with Gasteiger partial charge >= 0.3 is 18.2 Å². The van der Waals surface area contributed by atoms with Crippen LogP contribution in [0.5, 0.6) is 0 Å². The minimum atomic E-state index is -4.47. The van der Waals surface area contributed by atoms with Crippen molar-refractivity contribution < 1.29 is 32.7 Å². The third-order valence-electron chi connectivity index (χ3n) is 6.29. The van der Waals surface area contributed by atoms with Gasteiger partial charge < -0.3 is 10.4 Å². The van der Waals surface area contributed by atoms with Gasteiger partial charge in [0.05, 0.1) is 11.5 Å². The number of nitrogens with one attached hydrogen (secondary N) is 2. The first kappa shape index (κ1) is 28.9. The minimum absolute atomic E-state index is 0.0276. The normalized spacial score (nSPS) is 11.9. The summed E-state index contributed by atoms with van der Waals surface area (Å²) >= 11 is 0. The zero-order valence-electron chi connectivity index (χ0n) is 21.6. The molecule has 0 bridgehead atoms. The summed E-state index contributed by atoms with van der Waals surface area (Å²) in [4.78, 5) is 44.8. The number of ketones is 1. The van der Waals surface area contributed by atoms with Gasteiger partial charge in [-0.2, -0.15) is 13.2 Å². The molecule has 0 aliphatic rings. The molecule has 0 saturated carbocycles. The van der Waals surface area contributed by atoms with Crippen LogP contribution in [0.1, 0.15) is 34.3 Å². The number of carboxylic acid groups (broad SMARTS) is 1. The molecule has 0 spiro atoms. The fourth-order valence-electron chi connectivity index (χ4n) is 4.04. The summed E-state index contributed by atoms with van der Waals surface area (Å²) in [5.41, 5.74) is 2.03. The molecule has 4 aromatic rings. The Morgan fingerprint density at radius 1 is 0.805 bits per heavy atom. The molecule has 0 aliphatic carbocycles. The predicted molar refractivity (Wildman–Crippen MR) is 146 cm³/mol. The molecule has 3 N–H and O–H groups in total. The minimum Gasteiger partial charge on any atom is -0.481 e. The summed E-state index contributed by atoms with van der Waals surface area (Å²) < 4.78 is 38.0. The van der Waals surface area contributed by atoms with Crippen LogP contribution in [0.2, 0.25) is 0 Å². The number of aryl methyl sites for hydroxylation is 1. The number of amides is 2. The van der Waals surface area contributed by atoms with E-state index in [-0.39, 0.29) is 23.8 Å². The maximum atomic E-state index is 12.8. The van der Waals surface area contributed by atoms with Crippen LogP contribution in [0.25, 0.3) is 11.1 Å². The molecule has 0 saturated heterocycles. The number of carbonyl (C=O) groups excluding carboxylic acids is 2. The smallest absolute Gasteiger partial charge is 0.416 e. The number of hydrogen-bond acceptors (Lipinski definition) is 5. The molecule has 11 heteroatoms. The zero-order valence-corrected chi connectivity index (χ0v) is 21.6. The molecular weight excluding hydrogens is 537 g/mol. The summed E-state index contributed by atoms with van der Waals surface area (Å²) in [6.07, 6.45) is -0.754. The van der Waals surface area contributed by atoms with Crippen molar-refractivity contribution in [1.82, 2.24) is 9.97 Å². The highest BCUT2D eigenvalue weighted by Crippen LogP contribution is 2.30. The van der Waals surface area contributed by atoms with Gasteiger partial charge in [-0.3, -0.25) is 14.9 Å². The topological polar surface area (TPSA) is 121 Å². The first-order valence-electron chi connectivity index (χ1n) is 12.6. The van der Waals surface area contributed by atoms with Crippen LogP contribution in [-0.2, 0) is 17.4 Å². The Kier molecular flexibility index (Phi) is 9.08. The van der Waals surface area contributed by atoms with Gasteiger partial charge in [0.1, 0.15) is 0 Å². The van der Waals surface area contributed by atoms with Crippen molar-refractivity contribution in [3.8, 4) is 11.1 Å². The lowest BCUT2D eigenvalue weighted by Crippen LogP contribution is -2.20. The Hall–Kier alpha value is -5.06. The molecule has 0 aliphatic heterocycles. The van der Waals surface area contributed by atoms with E-state index in [1.54, 1.807) is 24.3 Å². The third-order valence-corrected chi connectivity index (χ3v) is 6.29. The van der Waals surface area contributed by atoms with E-state index in [4.69, 9.17) is 0 Å². The second-order valence-electron chi connectivity index (χ2n) is 9.21. The highest BCUT2D eigenvalue weighted by atomic mass is 19.4. The molecule has 4 rings (SSSR count). The summed E-state index contributed by atoms with van der Waals surface area (Å²) in [6, 6.07) is 19.3. The van der Waals surface area contributed by atoms with Gasteiger partial charge in [0.25, 0.3) is 0 Å². The van der Waals surface area contributed by atoms with Crippen molar-refractivity contribution in [2.24, 2.45) is 5.92 Å². The lowest BCUT2D eigenvalue weighted by molar-refractivity contribution is -0.142. The lowest BCUT2D eigenvalue weighted by atomic mass is 9.92. The first-order valence-corrected chi connectivity index (χ1v) is 12.6. The standard InChI is InChI=1S/C30H25F3N4O4/c31-30(32,33)24-12-14-25(15-13-24)36-29(41)37-28-34-17-23(18-35-28)20-8-10-21(11-9-20)26(38)16-22(27(39)40)7-6-19-4-2-1-3-5-19/h1-5,8-15,17-18,22H,6-7,16H2,(H,39,40)(H2,34,35,36,37,41). The number of Topliss-reactive ketones (excluding diaryl/α,β-unsaturated/α-hetero) is 1. The average molecular weight is 563 g/mol. The summed E-state index contributed by atoms with van der Waals surface area (Å²) in [7, 11) is 0. The number of rotatable bonds is 10. The van der Waals surface area contributed by atoms with Crippen LogP contribution in [0, 0.1) is 5.92 Å². The number of urea groups is 1. The van der Waals surface area contributed by atoms with Crippen molar-refractivity contribution in [2.75, 3.05) is 10.6 Å². The van der Waals surface area contributed by atoms with Gasteiger partial charge in [-0.15, -0.1) is 0 Å². The van der Waals surface area contributed by atoms with Crippen molar-refractivity contribution in [3.05, 3.63) is 108 Å². The number of carboxylic acids is 1. The van der Waals surface area contributed by atoms with E-state index in [1.165, 1.54) is 12.4 Å². The largest absolute Gasteiger partial charge is 0.481 e. The number of nitrogens with zero attached hydrogens (tertiary/aromatic N) is 2. The van der Waals surface area contributed by atoms with Crippen LogP contribution >= 0.6 is 0 Å². The van der Waals surface area contributed by atoms with E-state index >= 15 is 0 Å². The van der Waals surface area contributed by atoms with E-state index in [0.29, 0.717) is 29.5 Å². The van der Waals surface area contributed by atoms with Gasteiger partial charge in [-0.25, -0.2) is 14.8 Å². The molecule has 0 fully saturated rings. The number of anilines is 2. The van der Waals surface area contributed by atoms with Gasteiger partial charge in [0.2, 0.25) is 5.95 Å². The quantitative estimate of drug-likeness (QED) is 0.185. The number of aliphatic carboxylic acids is 1. The monoisotopic (exact) mass is 562 g/mol. The Labute approximate surface area is 233 Å². The molecule has 8 nitrogen and oxygen atoms in total. The van der Waals surface area contributed by atoms with Crippen LogP contribution in [0.15, 0.2) is 91.3 Å². The molecule has 3 aromatic carbocycles. The number of halogens is 3. The fraction of sp³-hybridized carbons (Fsp3) is 0.167. The van der Waals surface area contributed by atoms with Gasteiger partial charge in [0, 0.05) is 35.6 Å². The maximum absolute atomic E-state index is 12.8. The molecule has 1 atom stereocenters. The van der Waals surface area contributed by atoms with Crippen molar-refractivity contribution in [2.45, 2.75) is 25.4 Å². The number of aromatic nitrogens is 2. The Balaban J connectivity index is 1.31. The van der Waals surface area contributed by atoms with Crippen molar-refractivity contribution in [1.29, 1.82) is 0 Å². The molecule has 1 unspecified atom stereocenters. The second-order valence-corrected chi connectivity index (χ2v) is 9.21. The Bertz CT molecular complexity index is 1490. The molecule has 2 amide bonds. The number of hydrogen-bond donors (Lipinski definition) is 3. The predicted octanol–water partition coefficient (Wildman–Crippen LogP) is 6.71. The summed E-state index contributed by atoms with van der Waals surface area (Å²) in [5, 5.41) is 14.4. The summed E-state index contributed by atoms with van der Waals surface area (Å²) in [6.45, 7) is 0. The van der Waals surface area contributed by atoms with E-state index in [2.05, 4.69) is 20.6 Å². The van der Waals surface area contributed by atoms with Crippen molar-refractivity contribution >= 4 is 29.4 Å². The van der Waals surface area contributed by atoms with Gasteiger partial charge in [-0.05, 0) is 48.2 Å². The molecule has 41 heavy (non-hydrogen) atoms. The average Bonchev–Trinajstić information content (AvgIpc) is 2.96. The van der Waals surface area contributed by atoms with Crippen molar-refractivity contribution in [3.63, 3.8) is 0 Å². The maximum Gasteiger partial charge on any atom is 0.416 e.